The summed E-state index contributed by atoms with van der Waals surface area (Å²) < 4.78 is 0. The Labute approximate surface area is 118 Å². The SMILES string of the molecule is O=C(O)c1sc(-c2ccccn2)nc1-c1ccncc1. The first-order valence-corrected chi connectivity index (χ1v) is 6.63. The molecule has 0 saturated carbocycles. The molecule has 3 rings (SSSR count). The predicted octanol–water partition coefficient (Wildman–Crippen LogP) is 2.97. The van der Waals surface area contributed by atoms with Gasteiger partial charge in [-0.25, -0.2) is 9.78 Å². The first-order chi connectivity index (χ1) is 9.75. The summed E-state index contributed by atoms with van der Waals surface area (Å²) in [5, 5.41) is 9.91. The van der Waals surface area contributed by atoms with Gasteiger partial charge in [-0.1, -0.05) is 6.07 Å². The quantitative estimate of drug-likeness (QED) is 0.799. The summed E-state index contributed by atoms with van der Waals surface area (Å²) in [4.78, 5) is 24.1. The molecular weight excluding hydrogens is 274 g/mol. The van der Waals surface area contributed by atoms with Gasteiger partial charge in [0.2, 0.25) is 0 Å². The number of carboxylic acids is 1. The van der Waals surface area contributed by atoms with Crippen LogP contribution in [-0.4, -0.2) is 26.0 Å². The van der Waals surface area contributed by atoms with Gasteiger partial charge >= 0.3 is 5.97 Å². The molecule has 0 radical (unpaired) electrons. The van der Waals surface area contributed by atoms with E-state index < -0.39 is 5.97 Å². The average molecular weight is 283 g/mol. The number of rotatable bonds is 3. The minimum absolute atomic E-state index is 0.205. The Morgan fingerprint density at radius 2 is 1.90 bits per heavy atom. The largest absolute Gasteiger partial charge is 0.477 e. The number of hydrogen-bond donors (Lipinski definition) is 1. The van der Waals surface area contributed by atoms with E-state index in [9.17, 15) is 9.90 Å². The van der Waals surface area contributed by atoms with Gasteiger partial charge in [0.15, 0.2) is 0 Å². The molecule has 0 spiro atoms. The van der Waals surface area contributed by atoms with Crippen LogP contribution in [0.4, 0.5) is 0 Å². The van der Waals surface area contributed by atoms with Gasteiger partial charge in [0, 0.05) is 24.2 Å². The minimum Gasteiger partial charge on any atom is -0.477 e. The third-order valence-electron chi connectivity index (χ3n) is 2.66. The van der Waals surface area contributed by atoms with Gasteiger partial charge < -0.3 is 5.11 Å². The van der Waals surface area contributed by atoms with E-state index >= 15 is 0 Å². The van der Waals surface area contributed by atoms with Crippen molar-refractivity contribution in [2.75, 3.05) is 0 Å². The number of aromatic carboxylic acids is 1. The molecule has 0 aromatic carbocycles. The summed E-state index contributed by atoms with van der Waals surface area (Å²) in [6.45, 7) is 0. The van der Waals surface area contributed by atoms with Crippen LogP contribution < -0.4 is 0 Å². The normalized spacial score (nSPS) is 10.4. The maximum absolute atomic E-state index is 11.4. The monoisotopic (exact) mass is 283 g/mol. The second-order valence-electron chi connectivity index (χ2n) is 3.95. The van der Waals surface area contributed by atoms with Crippen LogP contribution in [0.25, 0.3) is 22.0 Å². The molecule has 0 unspecified atom stereocenters. The molecule has 0 aliphatic carbocycles. The first-order valence-electron chi connectivity index (χ1n) is 5.81. The van der Waals surface area contributed by atoms with Crippen LogP contribution in [-0.2, 0) is 0 Å². The standard InChI is InChI=1S/C14H9N3O2S/c18-14(19)12-11(9-4-7-15-8-5-9)17-13(20-12)10-3-1-2-6-16-10/h1-8H,(H,18,19). The lowest BCUT2D eigenvalue weighted by molar-refractivity contribution is 0.0702. The molecule has 0 saturated heterocycles. The van der Waals surface area contributed by atoms with Crippen molar-refractivity contribution in [3.63, 3.8) is 0 Å². The topological polar surface area (TPSA) is 76.0 Å². The molecule has 0 aliphatic rings. The van der Waals surface area contributed by atoms with Crippen LogP contribution in [0, 0.1) is 0 Å². The van der Waals surface area contributed by atoms with Crippen molar-refractivity contribution in [1.82, 2.24) is 15.0 Å². The second-order valence-corrected chi connectivity index (χ2v) is 4.95. The molecular formula is C14H9N3O2S. The first kappa shape index (κ1) is 12.4. The summed E-state index contributed by atoms with van der Waals surface area (Å²) in [7, 11) is 0. The number of hydrogen-bond acceptors (Lipinski definition) is 5. The van der Waals surface area contributed by atoms with Crippen LogP contribution in [0.3, 0.4) is 0 Å². The average Bonchev–Trinajstić information content (AvgIpc) is 2.94. The van der Waals surface area contributed by atoms with E-state index in [0.717, 1.165) is 16.9 Å². The van der Waals surface area contributed by atoms with Crippen molar-refractivity contribution in [3.05, 3.63) is 53.8 Å². The van der Waals surface area contributed by atoms with E-state index in [1.165, 1.54) is 0 Å². The van der Waals surface area contributed by atoms with E-state index in [1.807, 2.05) is 6.07 Å². The Bertz CT molecular complexity index is 742. The molecule has 0 fully saturated rings. The molecule has 0 amide bonds. The van der Waals surface area contributed by atoms with Crippen molar-refractivity contribution in [3.8, 4) is 22.0 Å². The van der Waals surface area contributed by atoms with Crippen molar-refractivity contribution in [1.29, 1.82) is 0 Å². The van der Waals surface area contributed by atoms with Crippen molar-refractivity contribution in [2.45, 2.75) is 0 Å². The third-order valence-corrected chi connectivity index (χ3v) is 3.73. The number of carboxylic acid groups (broad SMARTS) is 1. The van der Waals surface area contributed by atoms with Crippen LogP contribution in [0.1, 0.15) is 9.67 Å². The van der Waals surface area contributed by atoms with Crippen LogP contribution in [0.2, 0.25) is 0 Å². The third kappa shape index (κ3) is 2.28. The van der Waals surface area contributed by atoms with E-state index in [-0.39, 0.29) is 4.88 Å². The lowest BCUT2D eigenvalue weighted by Gasteiger charge is -1.97. The summed E-state index contributed by atoms with van der Waals surface area (Å²) >= 11 is 1.12. The van der Waals surface area contributed by atoms with Gasteiger partial charge in [-0.15, -0.1) is 11.3 Å². The molecule has 0 aliphatic heterocycles. The smallest absolute Gasteiger partial charge is 0.348 e. The van der Waals surface area contributed by atoms with Crippen LogP contribution >= 0.6 is 11.3 Å². The van der Waals surface area contributed by atoms with Gasteiger partial charge in [0.25, 0.3) is 0 Å². The minimum atomic E-state index is -0.989. The summed E-state index contributed by atoms with van der Waals surface area (Å²) in [6, 6.07) is 8.93. The molecule has 3 heterocycles. The van der Waals surface area contributed by atoms with E-state index in [2.05, 4.69) is 15.0 Å². The molecule has 98 valence electrons. The predicted molar refractivity (Wildman–Crippen MR) is 75.5 cm³/mol. The van der Waals surface area contributed by atoms with Gasteiger partial charge in [-0.05, 0) is 24.3 Å². The highest BCUT2D eigenvalue weighted by Crippen LogP contribution is 2.32. The zero-order chi connectivity index (χ0) is 13.9. The molecule has 1 N–H and O–H groups in total. The highest BCUT2D eigenvalue weighted by Gasteiger charge is 2.19. The molecule has 6 heteroatoms. The molecule has 0 bridgehead atoms. The van der Waals surface area contributed by atoms with Crippen LogP contribution in [0.15, 0.2) is 48.9 Å². The second kappa shape index (κ2) is 5.18. The maximum Gasteiger partial charge on any atom is 0.348 e. The fraction of sp³-hybridized carbons (Fsp3) is 0. The molecule has 20 heavy (non-hydrogen) atoms. The fourth-order valence-corrected chi connectivity index (χ4v) is 2.67. The highest BCUT2D eigenvalue weighted by molar-refractivity contribution is 7.17. The molecule has 3 aromatic heterocycles. The summed E-state index contributed by atoms with van der Waals surface area (Å²) in [5.41, 5.74) is 1.85. The number of aromatic nitrogens is 3. The van der Waals surface area contributed by atoms with Crippen molar-refractivity contribution >= 4 is 17.3 Å². The molecule has 5 nitrogen and oxygen atoms in total. The maximum atomic E-state index is 11.4. The van der Waals surface area contributed by atoms with E-state index in [1.54, 1.807) is 42.9 Å². The van der Waals surface area contributed by atoms with Gasteiger partial charge in [0.1, 0.15) is 9.88 Å². The van der Waals surface area contributed by atoms with Crippen molar-refractivity contribution in [2.24, 2.45) is 0 Å². The zero-order valence-electron chi connectivity index (χ0n) is 10.2. The Kier molecular flexibility index (Phi) is 3.22. The molecule has 3 aromatic rings. The Morgan fingerprint density at radius 3 is 2.55 bits per heavy atom. The summed E-state index contributed by atoms with van der Waals surface area (Å²) in [5.74, 6) is -0.989. The zero-order valence-corrected chi connectivity index (χ0v) is 11.0. The number of pyridine rings is 2. The lowest BCUT2D eigenvalue weighted by atomic mass is 10.2. The van der Waals surface area contributed by atoms with Gasteiger partial charge in [-0.2, -0.15) is 0 Å². The Hall–Kier alpha value is -2.60. The van der Waals surface area contributed by atoms with Gasteiger partial charge in [-0.3, -0.25) is 9.97 Å². The Balaban J connectivity index is 2.15. The van der Waals surface area contributed by atoms with Gasteiger partial charge in [0.05, 0.1) is 11.4 Å². The lowest BCUT2D eigenvalue weighted by Crippen LogP contribution is -1.95. The highest BCUT2D eigenvalue weighted by atomic mass is 32.1. The Morgan fingerprint density at radius 1 is 1.10 bits per heavy atom. The van der Waals surface area contributed by atoms with E-state index in [0.29, 0.717) is 16.4 Å². The van der Waals surface area contributed by atoms with Crippen molar-refractivity contribution < 1.29 is 9.90 Å². The number of thiazole rings is 1. The van der Waals surface area contributed by atoms with E-state index in [4.69, 9.17) is 0 Å². The van der Waals surface area contributed by atoms with Crippen LogP contribution in [0.5, 0.6) is 0 Å². The summed E-state index contributed by atoms with van der Waals surface area (Å²) in [6.07, 6.45) is 4.88. The number of carbonyl (C=O) groups is 1. The fourth-order valence-electron chi connectivity index (χ4n) is 1.77. The molecule has 0 atom stereocenters. The number of nitrogens with zero attached hydrogens (tertiary/aromatic N) is 3.